The Labute approximate surface area is 123 Å². The van der Waals surface area contributed by atoms with Crippen molar-refractivity contribution >= 4 is 5.69 Å². The fourth-order valence-electron chi connectivity index (χ4n) is 3.30. The summed E-state index contributed by atoms with van der Waals surface area (Å²) in [5.41, 5.74) is 2.88. The highest BCUT2D eigenvalue weighted by Crippen LogP contribution is 2.30. The Balaban J connectivity index is 2.04. The van der Waals surface area contributed by atoms with Crippen LogP contribution in [-0.4, -0.2) is 6.04 Å². The molecule has 1 aromatic rings. The average Bonchev–Trinajstić information content (AvgIpc) is 2.65. The Kier molecular flexibility index (Phi) is 5.06. The predicted molar refractivity (Wildman–Crippen MR) is 84.7 cm³/mol. The van der Waals surface area contributed by atoms with E-state index in [1.54, 1.807) is 0 Å². The van der Waals surface area contributed by atoms with Gasteiger partial charge in [0, 0.05) is 6.04 Å². The van der Waals surface area contributed by atoms with Gasteiger partial charge < -0.3 is 5.32 Å². The van der Waals surface area contributed by atoms with Gasteiger partial charge in [-0.05, 0) is 49.7 Å². The molecule has 1 aromatic carbocycles. The summed E-state index contributed by atoms with van der Waals surface area (Å²) in [6, 6.07) is 8.93. The van der Waals surface area contributed by atoms with E-state index in [0.717, 1.165) is 28.7 Å². The van der Waals surface area contributed by atoms with E-state index in [2.05, 4.69) is 25.2 Å². The third-order valence-corrected chi connectivity index (χ3v) is 4.70. The van der Waals surface area contributed by atoms with Crippen molar-refractivity contribution in [2.45, 2.75) is 58.9 Å². The van der Waals surface area contributed by atoms with Crippen molar-refractivity contribution < 1.29 is 0 Å². The second kappa shape index (κ2) is 6.79. The molecule has 2 nitrogen and oxygen atoms in total. The number of rotatable bonds is 3. The number of anilines is 1. The average molecular weight is 270 g/mol. The van der Waals surface area contributed by atoms with Gasteiger partial charge in [0.2, 0.25) is 0 Å². The van der Waals surface area contributed by atoms with Gasteiger partial charge in [-0.2, -0.15) is 5.26 Å². The number of nitriles is 1. The minimum atomic E-state index is 0.521. The first-order valence-corrected chi connectivity index (χ1v) is 7.88. The zero-order chi connectivity index (χ0) is 14.5. The molecular weight excluding hydrogens is 244 g/mol. The van der Waals surface area contributed by atoms with Gasteiger partial charge in [-0.15, -0.1) is 0 Å². The lowest BCUT2D eigenvalue weighted by Crippen LogP contribution is -2.19. The van der Waals surface area contributed by atoms with Crippen molar-refractivity contribution in [1.29, 1.82) is 5.26 Å². The molecule has 0 heterocycles. The highest BCUT2D eigenvalue weighted by molar-refractivity contribution is 5.61. The first kappa shape index (κ1) is 14.9. The van der Waals surface area contributed by atoms with Crippen LogP contribution in [0.25, 0.3) is 0 Å². The van der Waals surface area contributed by atoms with Crippen molar-refractivity contribution in [3.05, 3.63) is 29.3 Å². The fourth-order valence-corrected chi connectivity index (χ4v) is 3.30. The zero-order valence-corrected chi connectivity index (χ0v) is 12.9. The minimum Gasteiger partial charge on any atom is -0.381 e. The SMILES string of the molecule is Cc1cccc(NC2CCCC(C(C)C)CC2)c1C#N. The molecule has 1 N–H and O–H groups in total. The van der Waals surface area contributed by atoms with Crippen LogP contribution in [0.15, 0.2) is 18.2 Å². The summed E-state index contributed by atoms with van der Waals surface area (Å²) >= 11 is 0. The molecule has 2 atom stereocenters. The van der Waals surface area contributed by atoms with Crippen LogP contribution in [-0.2, 0) is 0 Å². The summed E-state index contributed by atoms with van der Waals surface area (Å²) in [7, 11) is 0. The molecule has 1 saturated carbocycles. The fraction of sp³-hybridized carbons (Fsp3) is 0.611. The Hall–Kier alpha value is -1.49. The largest absolute Gasteiger partial charge is 0.381 e. The summed E-state index contributed by atoms with van der Waals surface area (Å²) in [5, 5.41) is 12.9. The van der Waals surface area contributed by atoms with Crippen LogP contribution in [0.4, 0.5) is 5.69 Å². The second-order valence-corrected chi connectivity index (χ2v) is 6.46. The molecule has 0 amide bonds. The van der Waals surface area contributed by atoms with E-state index in [-0.39, 0.29) is 0 Å². The van der Waals surface area contributed by atoms with Gasteiger partial charge in [0.1, 0.15) is 6.07 Å². The number of benzene rings is 1. The van der Waals surface area contributed by atoms with E-state index in [0.29, 0.717) is 6.04 Å². The van der Waals surface area contributed by atoms with Crippen molar-refractivity contribution in [3.8, 4) is 6.07 Å². The van der Waals surface area contributed by atoms with Crippen LogP contribution in [0.1, 0.15) is 57.1 Å². The Morgan fingerprint density at radius 3 is 2.70 bits per heavy atom. The molecule has 0 aliphatic heterocycles. The highest BCUT2D eigenvalue weighted by atomic mass is 14.9. The van der Waals surface area contributed by atoms with E-state index >= 15 is 0 Å². The third-order valence-electron chi connectivity index (χ3n) is 4.70. The Bertz CT molecular complexity index is 485. The summed E-state index contributed by atoms with van der Waals surface area (Å²) < 4.78 is 0. The lowest BCUT2D eigenvalue weighted by molar-refractivity contribution is 0.341. The summed E-state index contributed by atoms with van der Waals surface area (Å²) in [6.07, 6.45) is 6.41. The maximum absolute atomic E-state index is 9.31. The molecule has 108 valence electrons. The quantitative estimate of drug-likeness (QED) is 0.794. The van der Waals surface area contributed by atoms with Crippen molar-refractivity contribution in [2.24, 2.45) is 11.8 Å². The van der Waals surface area contributed by atoms with Crippen molar-refractivity contribution in [3.63, 3.8) is 0 Å². The molecule has 1 fully saturated rings. The van der Waals surface area contributed by atoms with Crippen LogP contribution >= 0.6 is 0 Å². The van der Waals surface area contributed by atoms with E-state index in [4.69, 9.17) is 0 Å². The lowest BCUT2D eigenvalue weighted by Gasteiger charge is -2.20. The van der Waals surface area contributed by atoms with Crippen LogP contribution in [0, 0.1) is 30.1 Å². The van der Waals surface area contributed by atoms with Crippen LogP contribution in [0.5, 0.6) is 0 Å². The van der Waals surface area contributed by atoms with Gasteiger partial charge in [-0.3, -0.25) is 0 Å². The zero-order valence-electron chi connectivity index (χ0n) is 12.9. The van der Waals surface area contributed by atoms with Gasteiger partial charge >= 0.3 is 0 Å². The molecule has 0 spiro atoms. The molecule has 20 heavy (non-hydrogen) atoms. The molecule has 2 heteroatoms. The smallest absolute Gasteiger partial charge is 0.102 e. The Morgan fingerprint density at radius 2 is 2.00 bits per heavy atom. The highest BCUT2D eigenvalue weighted by Gasteiger charge is 2.21. The minimum absolute atomic E-state index is 0.521. The standard InChI is InChI=1S/C18H26N2/c1-13(2)15-7-5-8-16(11-10-15)20-18-9-4-6-14(3)17(18)12-19/h4,6,9,13,15-16,20H,5,7-8,10-11H2,1-3H3. The van der Waals surface area contributed by atoms with E-state index in [9.17, 15) is 5.26 Å². The van der Waals surface area contributed by atoms with Crippen LogP contribution < -0.4 is 5.32 Å². The summed E-state index contributed by atoms with van der Waals surface area (Å²) in [5.74, 6) is 1.66. The van der Waals surface area contributed by atoms with Gasteiger partial charge in [0.25, 0.3) is 0 Å². The number of aryl methyl sites for hydroxylation is 1. The van der Waals surface area contributed by atoms with Gasteiger partial charge in [0.05, 0.1) is 11.3 Å². The maximum Gasteiger partial charge on any atom is 0.102 e. The van der Waals surface area contributed by atoms with Gasteiger partial charge in [-0.1, -0.05) is 38.8 Å². The van der Waals surface area contributed by atoms with Crippen LogP contribution in [0.2, 0.25) is 0 Å². The number of nitrogens with zero attached hydrogens (tertiary/aromatic N) is 1. The van der Waals surface area contributed by atoms with Crippen molar-refractivity contribution in [2.75, 3.05) is 5.32 Å². The normalized spacial score (nSPS) is 23.1. The topological polar surface area (TPSA) is 35.8 Å². The van der Waals surface area contributed by atoms with Crippen molar-refractivity contribution in [1.82, 2.24) is 0 Å². The molecule has 0 aromatic heterocycles. The van der Waals surface area contributed by atoms with E-state index in [1.165, 1.54) is 32.1 Å². The molecule has 1 aliphatic rings. The van der Waals surface area contributed by atoms with E-state index < -0.39 is 0 Å². The third kappa shape index (κ3) is 3.54. The summed E-state index contributed by atoms with van der Waals surface area (Å²) in [6.45, 7) is 6.69. The predicted octanol–water partition coefficient (Wildman–Crippen LogP) is 4.88. The van der Waals surface area contributed by atoms with E-state index in [1.807, 2.05) is 25.1 Å². The maximum atomic E-state index is 9.31. The molecule has 0 bridgehead atoms. The number of hydrogen-bond donors (Lipinski definition) is 1. The molecule has 1 aliphatic carbocycles. The van der Waals surface area contributed by atoms with Gasteiger partial charge in [0.15, 0.2) is 0 Å². The Morgan fingerprint density at radius 1 is 1.20 bits per heavy atom. The first-order chi connectivity index (χ1) is 9.61. The number of hydrogen-bond acceptors (Lipinski definition) is 2. The van der Waals surface area contributed by atoms with Crippen LogP contribution in [0.3, 0.4) is 0 Å². The first-order valence-electron chi connectivity index (χ1n) is 7.88. The van der Waals surface area contributed by atoms with Gasteiger partial charge in [-0.25, -0.2) is 0 Å². The molecule has 2 unspecified atom stereocenters. The number of nitrogens with one attached hydrogen (secondary N) is 1. The summed E-state index contributed by atoms with van der Waals surface area (Å²) in [4.78, 5) is 0. The molecule has 0 radical (unpaired) electrons. The monoisotopic (exact) mass is 270 g/mol. The second-order valence-electron chi connectivity index (χ2n) is 6.46. The lowest BCUT2D eigenvalue weighted by atomic mass is 9.89. The molecular formula is C18H26N2. The molecule has 2 rings (SSSR count). The molecule has 0 saturated heterocycles.